The van der Waals surface area contributed by atoms with Gasteiger partial charge in [0.25, 0.3) is 5.91 Å². The fraction of sp³-hybridized carbons (Fsp3) is 0. The largest absolute Gasteiger partial charge is 0.507 e. The van der Waals surface area contributed by atoms with Crippen LogP contribution < -0.4 is 10.9 Å². The van der Waals surface area contributed by atoms with Gasteiger partial charge in [0.1, 0.15) is 5.75 Å². The van der Waals surface area contributed by atoms with Crippen LogP contribution in [0.1, 0.15) is 15.9 Å². The molecule has 3 N–H and O–H groups in total. The lowest BCUT2D eigenvalue weighted by molar-refractivity contribution is 0.0937. The molecule has 0 unspecified atom stereocenters. The second-order valence-electron chi connectivity index (χ2n) is 5.56. The average molecular weight is 330 g/mol. The minimum absolute atomic E-state index is 0.0663. The number of hydrogen-bond donors (Lipinski definition) is 3. The lowest BCUT2D eigenvalue weighted by Gasteiger charge is -2.10. The maximum atomic E-state index is 12.3. The van der Waals surface area contributed by atoms with Gasteiger partial charge in [0.2, 0.25) is 0 Å². The van der Waals surface area contributed by atoms with E-state index < -0.39 is 5.91 Å². The number of carbonyl (C=O) groups is 1. The summed E-state index contributed by atoms with van der Waals surface area (Å²) < 4.78 is 0. The Morgan fingerprint density at radius 2 is 1.56 bits per heavy atom. The number of nitrogens with one attached hydrogen (secondary N) is 2. The summed E-state index contributed by atoms with van der Waals surface area (Å²) in [7, 11) is 0. The normalized spacial score (nSPS) is 10.7. The van der Waals surface area contributed by atoms with E-state index in [9.17, 15) is 9.90 Å². The van der Waals surface area contributed by atoms with Crippen molar-refractivity contribution in [2.24, 2.45) is 0 Å². The Morgan fingerprint density at radius 1 is 0.920 bits per heavy atom. The number of fused-ring (bicyclic) bond motifs is 1. The van der Waals surface area contributed by atoms with Gasteiger partial charge < -0.3 is 5.11 Å². The molecule has 0 spiro atoms. The summed E-state index contributed by atoms with van der Waals surface area (Å²) in [5.74, 6) is -0.499. The highest BCUT2D eigenvalue weighted by molar-refractivity contribution is 6.01. The van der Waals surface area contributed by atoms with E-state index in [1.165, 1.54) is 0 Å². The fourth-order valence-electron chi connectivity index (χ4n) is 2.42. The van der Waals surface area contributed by atoms with Crippen molar-refractivity contribution in [3.63, 3.8) is 0 Å². The SMILES string of the molecule is C=C(C=Cc1ccccc1)NNC(=O)c1cc2ccccc2cc1O. The Morgan fingerprint density at radius 3 is 2.28 bits per heavy atom. The van der Waals surface area contributed by atoms with Crippen LogP contribution in [-0.2, 0) is 0 Å². The molecule has 3 rings (SSSR count). The highest BCUT2D eigenvalue weighted by Crippen LogP contribution is 2.24. The van der Waals surface area contributed by atoms with E-state index in [4.69, 9.17) is 0 Å². The first kappa shape index (κ1) is 16.3. The molecule has 0 radical (unpaired) electrons. The molecule has 0 aliphatic carbocycles. The van der Waals surface area contributed by atoms with E-state index in [0.717, 1.165) is 16.3 Å². The van der Waals surface area contributed by atoms with Crippen molar-refractivity contribution < 1.29 is 9.90 Å². The van der Waals surface area contributed by atoms with Gasteiger partial charge in [-0.15, -0.1) is 0 Å². The zero-order valence-corrected chi connectivity index (χ0v) is 13.6. The first-order valence-electron chi connectivity index (χ1n) is 7.83. The van der Waals surface area contributed by atoms with Gasteiger partial charge in [-0.25, -0.2) is 0 Å². The summed E-state index contributed by atoms with van der Waals surface area (Å²) in [5, 5.41) is 11.8. The number of carbonyl (C=O) groups excluding carboxylic acids is 1. The number of benzene rings is 3. The second-order valence-corrected chi connectivity index (χ2v) is 5.56. The van der Waals surface area contributed by atoms with E-state index in [1.54, 1.807) is 18.2 Å². The Labute approximate surface area is 146 Å². The Bertz CT molecular complexity index is 947. The van der Waals surface area contributed by atoms with Crippen LogP contribution in [-0.4, -0.2) is 11.0 Å². The molecule has 3 aromatic rings. The molecule has 0 fully saturated rings. The highest BCUT2D eigenvalue weighted by Gasteiger charge is 2.12. The quantitative estimate of drug-likeness (QED) is 0.489. The lowest BCUT2D eigenvalue weighted by atomic mass is 10.1. The number of hydrogen-bond acceptors (Lipinski definition) is 3. The molecule has 25 heavy (non-hydrogen) atoms. The third-order valence-electron chi connectivity index (χ3n) is 3.72. The molecule has 0 saturated carbocycles. The zero-order chi connectivity index (χ0) is 17.6. The van der Waals surface area contributed by atoms with E-state index in [1.807, 2.05) is 60.7 Å². The third-order valence-corrected chi connectivity index (χ3v) is 3.72. The van der Waals surface area contributed by atoms with Gasteiger partial charge in [-0.3, -0.25) is 15.6 Å². The predicted molar refractivity (Wildman–Crippen MR) is 101 cm³/mol. The number of phenols is 1. The van der Waals surface area contributed by atoms with E-state index >= 15 is 0 Å². The molecule has 1 amide bonds. The van der Waals surface area contributed by atoms with Crippen molar-refractivity contribution >= 4 is 22.8 Å². The molecule has 4 heteroatoms. The molecule has 0 atom stereocenters. The summed E-state index contributed by atoms with van der Waals surface area (Å²) in [6.45, 7) is 3.83. The van der Waals surface area contributed by atoms with Crippen molar-refractivity contribution in [3.8, 4) is 5.75 Å². The minimum Gasteiger partial charge on any atom is -0.507 e. The van der Waals surface area contributed by atoms with Crippen LogP contribution in [0.3, 0.4) is 0 Å². The molecule has 0 aliphatic rings. The van der Waals surface area contributed by atoms with Crippen molar-refractivity contribution in [3.05, 3.63) is 96.2 Å². The van der Waals surface area contributed by atoms with Gasteiger partial charge in [0, 0.05) is 5.70 Å². The number of phenolic OH excluding ortho intramolecular Hbond substituents is 1. The summed E-state index contributed by atoms with van der Waals surface area (Å²) in [6, 6.07) is 20.5. The first-order chi connectivity index (χ1) is 12.1. The van der Waals surface area contributed by atoms with Crippen molar-refractivity contribution in [2.45, 2.75) is 0 Å². The van der Waals surface area contributed by atoms with E-state index in [2.05, 4.69) is 17.4 Å². The molecule has 0 saturated heterocycles. The summed E-state index contributed by atoms with van der Waals surface area (Å²) in [6.07, 6.45) is 3.64. The summed E-state index contributed by atoms with van der Waals surface area (Å²) in [5.41, 5.74) is 7.03. The standard InChI is InChI=1S/C21H18N2O2/c1-15(11-12-16-7-3-2-4-8-16)22-23-21(25)19-13-17-9-5-6-10-18(17)14-20(19)24/h2-14,22,24H,1H2,(H,23,25). The van der Waals surface area contributed by atoms with Crippen molar-refractivity contribution in [2.75, 3.05) is 0 Å². The smallest absolute Gasteiger partial charge is 0.273 e. The second kappa shape index (κ2) is 7.36. The topological polar surface area (TPSA) is 61.4 Å². The highest BCUT2D eigenvalue weighted by atomic mass is 16.3. The fourth-order valence-corrected chi connectivity index (χ4v) is 2.42. The van der Waals surface area contributed by atoms with E-state index in [-0.39, 0.29) is 11.3 Å². The van der Waals surface area contributed by atoms with Gasteiger partial charge in [-0.05, 0) is 34.5 Å². The number of hydrazine groups is 1. The van der Waals surface area contributed by atoms with Crippen molar-refractivity contribution in [1.29, 1.82) is 0 Å². The molecule has 0 heterocycles. The van der Waals surface area contributed by atoms with Crippen LogP contribution in [0.25, 0.3) is 16.8 Å². The molecule has 3 aromatic carbocycles. The van der Waals surface area contributed by atoms with Gasteiger partial charge in [0.15, 0.2) is 0 Å². The lowest BCUT2D eigenvalue weighted by Crippen LogP contribution is -2.36. The van der Waals surface area contributed by atoms with Crippen molar-refractivity contribution in [1.82, 2.24) is 10.9 Å². The Kier molecular flexibility index (Phi) is 4.81. The van der Waals surface area contributed by atoms with Crippen LogP contribution >= 0.6 is 0 Å². The molecule has 124 valence electrons. The number of amides is 1. The van der Waals surface area contributed by atoms with Gasteiger partial charge in [0.05, 0.1) is 5.56 Å². The van der Waals surface area contributed by atoms with Gasteiger partial charge in [-0.2, -0.15) is 0 Å². The third kappa shape index (κ3) is 4.06. The van der Waals surface area contributed by atoms with Gasteiger partial charge >= 0.3 is 0 Å². The molecular formula is C21H18N2O2. The van der Waals surface area contributed by atoms with Crippen LogP contribution in [0.5, 0.6) is 5.75 Å². The molecule has 4 nitrogen and oxygen atoms in total. The monoisotopic (exact) mass is 330 g/mol. The number of allylic oxidation sites excluding steroid dienone is 1. The predicted octanol–water partition coefficient (Wildman–Crippen LogP) is 4.01. The van der Waals surface area contributed by atoms with Crippen LogP contribution in [0, 0.1) is 0 Å². The number of aromatic hydroxyl groups is 1. The van der Waals surface area contributed by atoms with Crippen LogP contribution in [0.15, 0.2) is 85.1 Å². The maximum absolute atomic E-state index is 12.3. The Balaban J connectivity index is 1.65. The van der Waals surface area contributed by atoms with E-state index in [0.29, 0.717) is 5.70 Å². The molecule has 0 aliphatic heterocycles. The molecule has 0 bridgehead atoms. The van der Waals surface area contributed by atoms with Crippen LogP contribution in [0.4, 0.5) is 0 Å². The summed E-state index contributed by atoms with van der Waals surface area (Å²) >= 11 is 0. The maximum Gasteiger partial charge on any atom is 0.273 e. The summed E-state index contributed by atoms with van der Waals surface area (Å²) in [4.78, 5) is 12.3. The average Bonchev–Trinajstić information content (AvgIpc) is 2.64. The number of rotatable bonds is 5. The van der Waals surface area contributed by atoms with Gasteiger partial charge in [-0.1, -0.05) is 67.3 Å². The van der Waals surface area contributed by atoms with Crippen LogP contribution in [0.2, 0.25) is 0 Å². The molecule has 0 aromatic heterocycles. The zero-order valence-electron chi connectivity index (χ0n) is 13.6. The minimum atomic E-state index is -0.433. The first-order valence-corrected chi connectivity index (χ1v) is 7.83. The Hall–Kier alpha value is -3.53. The molecular weight excluding hydrogens is 312 g/mol.